The van der Waals surface area contributed by atoms with E-state index in [4.69, 9.17) is 16.2 Å². The Labute approximate surface area is 187 Å². The molecule has 3 unspecified atom stereocenters. The van der Waals surface area contributed by atoms with Crippen LogP contribution in [-0.4, -0.2) is 17.0 Å². The fraction of sp³-hybridized carbons (Fsp3) is 0.364. The van der Waals surface area contributed by atoms with E-state index in [0.717, 1.165) is 30.4 Å². The van der Waals surface area contributed by atoms with E-state index in [2.05, 4.69) is 21.4 Å². The van der Waals surface area contributed by atoms with Crippen molar-refractivity contribution in [2.45, 2.75) is 37.8 Å². The summed E-state index contributed by atoms with van der Waals surface area (Å²) < 4.78 is 5.22. The fourth-order valence-electron chi connectivity index (χ4n) is 4.91. The van der Waals surface area contributed by atoms with Crippen LogP contribution in [0.3, 0.4) is 0 Å². The Balaban J connectivity index is 0.00000272. The molecular formula is C22H25ClN6O2. The number of guanidine groups is 1. The summed E-state index contributed by atoms with van der Waals surface area (Å²) in [5.74, 6) is 0.730. The minimum absolute atomic E-state index is 0. The Morgan fingerprint density at radius 3 is 2.65 bits per heavy atom. The van der Waals surface area contributed by atoms with Crippen molar-refractivity contribution in [3.05, 3.63) is 59.8 Å². The number of anilines is 1. The summed E-state index contributed by atoms with van der Waals surface area (Å²) in [4.78, 5) is 21.0. The lowest BCUT2D eigenvalue weighted by atomic mass is 9.66. The highest BCUT2D eigenvalue weighted by atomic mass is 35.5. The van der Waals surface area contributed by atoms with Crippen LogP contribution < -0.4 is 16.8 Å². The second-order valence-electron chi connectivity index (χ2n) is 8.02. The average molecular weight is 441 g/mol. The quantitative estimate of drug-likeness (QED) is 0.480. The van der Waals surface area contributed by atoms with E-state index in [9.17, 15) is 10.1 Å². The number of ether oxygens (including phenoxy) is 1. The van der Waals surface area contributed by atoms with Crippen LogP contribution in [0.1, 0.15) is 36.8 Å². The van der Waals surface area contributed by atoms with Gasteiger partial charge in [0.1, 0.15) is 18.0 Å². The summed E-state index contributed by atoms with van der Waals surface area (Å²) in [5.41, 5.74) is 11.7. The first-order valence-electron chi connectivity index (χ1n) is 9.93. The van der Waals surface area contributed by atoms with E-state index in [1.165, 1.54) is 0 Å². The molecule has 2 saturated carbocycles. The SMILES string of the molecule is Cl.N#CC12CCC(C1)CC2(N=C(N)N)c1ccc(NC(=O)OCc2ccccc2)nc1. The third-order valence-electron chi connectivity index (χ3n) is 6.21. The van der Waals surface area contributed by atoms with Gasteiger partial charge in [-0.25, -0.2) is 14.8 Å². The summed E-state index contributed by atoms with van der Waals surface area (Å²) >= 11 is 0. The smallest absolute Gasteiger partial charge is 0.413 e. The molecule has 2 aliphatic rings. The van der Waals surface area contributed by atoms with Crippen LogP contribution in [0, 0.1) is 22.7 Å². The number of aliphatic imine (C=N–C) groups is 1. The summed E-state index contributed by atoms with van der Waals surface area (Å²) in [7, 11) is 0. The second kappa shape index (κ2) is 8.82. The van der Waals surface area contributed by atoms with Crippen molar-refractivity contribution >= 4 is 30.3 Å². The molecule has 8 nitrogen and oxygen atoms in total. The van der Waals surface area contributed by atoms with Crippen LogP contribution in [0.5, 0.6) is 0 Å². The number of carbonyl (C=O) groups excluding carboxylic acids is 1. The third-order valence-corrected chi connectivity index (χ3v) is 6.21. The molecule has 0 saturated heterocycles. The van der Waals surface area contributed by atoms with Crippen LogP contribution in [0.2, 0.25) is 0 Å². The predicted octanol–water partition coefficient (Wildman–Crippen LogP) is 3.43. The number of fused-ring (bicyclic) bond motifs is 2. The van der Waals surface area contributed by atoms with Crippen molar-refractivity contribution in [3.8, 4) is 6.07 Å². The maximum atomic E-state index is 12.1. The summed E-state index contributed by atoms with van der Waals surface area (Å²) in [6.45, 7) is 0.171. The van der Waals surface area contributed by atoms with Gasteiger partial charge in [-0.1, -0.05) is 36.4 Å². The van der Waals surface area contributed by atoms with E-state index < -0.39 is 17.0 Å². The number of nitrogens with one attached hydrogen (secondary N) is 1. The Hall–Kier alpha value is -3.31. The number of halogens is 1. The number of carbonyl (C=O) groups is 1. The Morgan fingerprint density at radius 1 is 1.26 bits per heavy atom. The van der Waals surface area contributed by atoms with Crippen molar-refractivity contribution in [2.24, 2.45) is 27.8 Å². The molecule has 2 aliphatic carbocycles. The normalized spacial score (nSPS) is 25.7. The van der Waals surface area contributed by atoms with Crippen LogP contribution in [0.25, 0.3) is 0 Å². The van der Waals surface area contributed by atoms with Crippen LogP contribution in [0.4, 0.5) is 10.6 Å². The van der Waals surface area contributed by atoms with Crippen molar-refractivity contribution in [1.29, 1.82) is 5.26 Å². The number of benzene rings is 1. The lowest BCUT2D eigenvalue weighted by Gasteiger charge is -2.39. The first-order valence-corrected chi connectivity index (χ1v) is 9.93. The molecule has 0 aliphatic heterocycles. The van der Waals surface area contributed by atoms with Crippen molar-refractivity contribution in [2.75, 3.05) is 5.32 Å². The number of nitrogens with zero attached hydrogens (tertiary/aromatic N) is 3. The van der Waals surface area contributed by atoms with Crippen LogP contribution >= 0.6 is 12.4 Å². The molecule has 5 N–H and O–H groups in total. The van der Waals surface area contributed by atoms with E-state index in [0.29, 0.717) is 18.2 Å². The highest BCUT2D eigenvalue weighted by Gasteiger charge is 2.63. The molecule has 9 heteroatoms. The van der Waals surface area contributed by atoms with E-state index in [1.54, 1.807) is 12.3 Å². The van der Waals surface area contributed by atoms with Gasteiger partial charge in [-0.2, -0.15) is 5.26 Å². The Kier molecular flexibility index (Phi) is 6.37. The predicted molar refractivity (Wildman–Crippen MR) is 119 cm³/mol. The fourth-order valence-corrected chi connectivity index (χ4v) is 4.91. The second-order valence-corrected chi connectivity index (χ2v) is 8.02. The molecule has 2 aromatic rings. The molecule has 0 radical (unpaired) electrons. The zero-order valence-electron chi connectivity index (χ0n) is 17.0. The number of hydrogen-bond acceptors (Lipinski definition) is 5. The van der Waals surface area contributed by atoms with E-state index in [1.807, 2.05) is 36.4 Å². The van der Waals surface area contributed by atoms with Crippen molar-refractivity contribution < 1.29 is 9.53 Å². The molecule has 1 amide bonds. The van der Waals surface area contributed by atoms with Gasteiger partial charge in [-0.05, 0) is 48.8 Å². The topological polar surface area (TPSA) is 139 Å². The van der Waals surface area contributed by atoms with Gasteiger partial charge in [0.15, 0.2) is 5.96 Å². The third kappa shape index (κ3) is 4.14. The molecule has 1 aromatic heterocycles. The van der Waals surface area contributed by atoms with E-state index >= 15 is 0 Å². The number of hydrogen-bond donors (Lipinski definition) is 3. The number of aromatic nitrogens is 1. The van der Waals surface area contributed by atoms with Crippen LogP contribution in [-0.2, 0) is 16.9 Å². The van der Waals surface area contributed by atoms with Gasteiger partial charge in [0, 0.05) is 6.20 Å². The standard InChI is InChI=1S/C22H24N6O2.ClH/c23-14-21-9-8-16(10-21)11-22(21,28-19(24)25)17-6-7-18(26-12-17)27-20(29)30-13-15-4-2-1-3-5-15;/h1-7,12,16H,8-11,13H2,(H4,24,25,28)(H,26,27,29);1H. The lowest BCUT2D eigenvalue weighted by molar-refractivity contribution is 0.155. The molecule has 1 aromatic carbocycles. The molecule has 2 fully saturated rings. The highest BCUT2D eigenvalue weighted by Crippen LogP contribution is 2.65. The maximum Gasteiger partial charge on any atom is 0.413 e. The zero-order valence-corrected chi connectivity index (χ0v) is 17.8. The number of nitriles is 1. The van der Waals surface area contributed by atoms with Crippen molar-refractivity contribution in [1.82, 2.24) is 4.98 Å². The van der Waals surface area contributed by atoms with Gasteiger partial charge in [-0.3, -0.25) is 5.32 Å². The molecule has 2 bridgehead atoms. The number of rotatable bonds is 5. The maximum absolute atomic E-state index is 12.1. The van der Waals surface area contributed by atoms with Gasteiger partial charge in [-0.15, -0.1) is 12.4 Å². The van der Waals surface area contributed by atoms with Gasteiger partial charge >= 0.3 is 6.09 Å². The monoisotopic (exact) mass is 440 g/mol. The Bertz CT molecular complexity index is 1000. The molecule has 1 heterocycles. The summed E-state index contributed by atoms with van der Waals surface area (Å²) in [5, 5.41) is 12.6. The van der Waals surface area contributed by atoms with Gasteiger partial charge in [0.2, 0.25) is 0 Å². The molecule has 4 rings (SSSR count). The number of nitrogens with two attached hydrogens (primary N) is 2. The molecule has 3 atom stereocenters. The number of amides is 1. The lowest BCUT2D eigenvalue weighted by Crippen LogP contribution is -2.43. The van der Waals surface area contributed by atoms with Crippen LogP contribution in [0.15, 0.2) is 53.7 Å². The van der Waals surface area contributed by atoms with E-state index in [-0.39, 0.29) is 25.0 Å². The van der Waals surface area contributed by atoms with Crippen molar-refractivity contribution in [3.63, 3.8) is 0 Å². The van der Waals surface area contributed by atoms with Gasteiger partial charge < -0.3 is 16.2 Å². The minimum atomic E-state index is -0.803. The first-order chi connectivity index (χ1) is 14.5. The zero-order chi connectivity index (χ0) is 21.2. The molecule has 31 heavy (non-hydrogen) atoms. The largest absolute Gasteiger partial charge is 0.444 e. The van der Waals surface area contributed by atoms with Gasteiger partial charge in [0.25, 0.3) is 0 Å². The summed E-state index contributed by atoms with van der Waals surface area (Å²) in [6.07, 6.45) is 4.32. The molecular weight excluding hydrogens is 416 g/mol. The first kappa shape index (κ1) is 22.4. The molecule has 162 valence electrons. The number of pyridine rings is 1. The summed E-state index contributed by atoms with van der Waals surface area (Å²) in [6, 6.07) is 15.4. The minimum Gasteiger partial charge on any atom is -0.444 e. The highest BCUT2D eigenvalue weighted by molar-refractivity contribution is 5.85. The van der Waals surface area contributed by atoms with Gasteiger partial charge in [0.05, 0.1) is 11.5 Å². The average Bonchev–Trinajstić information content (AvgIpc) is 3.30. The molecule has 0 spiro atoms. The Morgan fingerprint density at radius 2 is 2.03 bits per heavy atom.